The Morgan fingerprint density at radius 3 is 2.31 bits per heavy atom. The smallest absolute Gasteiger partial charge is 0.229 e. The van der Waals surface area contributed by atoms with Gasteiger partial charge >= 0.3 is 0 Å². The van der Waals surface area contributed by atoms with Gasteiger partial charge in [0.1, 0.15) is 0 Å². The van der Waals surface area contributed by atoms with E-state index >= 15 is 0 Å². The number of anilines is 3. The number of aryl methyl sites for hydroxylation is 2. The highest BCUT2D eigenvalue weighted by Crippen LogP contribution is 2.27. The molecule has 0 aliphatic carbocycles. The lowest BCUT2D eigenvalue weighted by molar-refractivity contribution is -0.115. The highest BCUT2D eigenvalue weighted by Gasteiger charge is 2.10. The Hall–Kier alpha value is -3.61. The zero-order valence-electron chi connectivity index (χ0n) is 16.9. The molecule has 0 bridgehead atoms. The van der Waals surface area contributed by atoms with E-state index in [9.17, 15) is 4.79 Å². The van der Waals surface area contributed by atoms with Gasteiger partial charge in [-0.2, -0.15) is 0 Å². The van der Waals surface area contributed by atoms with Crippen LogP contribution in [-0.4, -0.2) is 30.3 Å². The van der Waals surface area contributed by atoms with Crippen LogP contribution in [0.25, 0.3) is 0 Å². The van der Waals surface area contributed by atoms with Crippen LogP contribution < -0.4 is 20.1 Å². The number of nitrogens with one attached hydrogen (secondary N) is 2. The molecule has 0 unspecified atom stereocenters. The second-order valence-electron chi connectivity index (χ2n) is 6.66. The van der Waals surface area contributed by atoms with E-state index in [1.54, 1.807) is 38.5 Å². The quantitative estimate of drug-likeness (QED) is 0.631. The molecule has 3 aromatic rings. The molecule has 0 radical (unpaired) electrons. The van der Waals surface area contributed by atoms with E-state index in [0.29, 0.717) is 23.1 Å². The number of ether oxygens (including phenoxy) is 2. The zero-order chi connectivity index (χ0) is 20.8. The van der Waals surface area contributed by atoms with Crippen molar-refractivity contribution in [2.24, 2.45) is 0 Å². The average molecular weight is 392 g/mol. The van der Waals surface area contributed by atoms with Crippen LogP contribution in [0.2, 0.25) is 0 Å². The van der Waals surface area contributed by atoms with Gasteiger partial charge in [0, 0.05) is 5.69 Å². The molecule has 0 atom stereocenters. The van der Waals surface area contributed by atoms with E-state index in [1.165, 1.54) is 0 Å². The topological polar surface area (TPSA) is 85.4 Å². The summed E-state index contributed by atoms with van der Waals surface area (Å²) in [6.45, 7) is 4.06. The van der Waals surface area contributed by atoms with Crippen LogP contribution in [0, 0.1) is 13.8 Å². The first-order chi connectivity index (χ1) is 14.0. The molecule has 1 heterocycles. The maximum absolute atomic E-state index is 12.3. The van der Waals surface area contributed by atoms with E-state index in [2.05, 4.69) is 33.0 Å². The Labute approximate surface area is 170 Å². The molecule has 7 nitrogen and oxygen atoms in total. The third-order valence-electron chi connectivity index (χ3n) is 4.40. The maximum atomic E-state index is 12.3. The molecule has 1 aromatic heterocycles. The fourth-order valence-corrected chi connectivity index (χ4v) is 2.84. The van der Waals surface area contributed by atoms with Crippen LogP contribution in [0.3, 0.4) is 0 Å². The van der Waals surface area contributed by atoms with E-state index in [-0.39, 0.29) is 12.3 Å². The Kier molecular flexibility index (Phi) is 6.29. The van der Waals surface area contributed by atoms with Crippen LogP contribution >= 0.6 is 0 Å². The summed E-state index contributed by atoms with van der Waals surface area (Å²) < 4.78 is 10.5. The lowest BCUT2D eigenvalue weighted by Gasteiger charge is -2.11. The van der Waals surface area contributed by atoms with Gasteiger partial charge in [0.15, 0.2) is 23.1 Å². The van der Waals surface area contributed by atoms with E-state index < -0.39 is 0 Å². The zero-order valence-corrected chi connectivity index (χ0v) is 16.9. The molecule has 1 amide bonds. The van der Waals surface area contributed by atoms with Gasteiger partial charge < -0.3 is 20.1 Å². The fraction of sp³-hybridized carbons (Fsp3) is 0.227. The summed E-state index contributed by atoms with van der Waals surface area (Å²) >= 11 is 0. The van der Waals surface area contributed by atoms with Crippen molar-refractivity contribution in [1.82, 2.24) is 10.2 Å². The number of nitrogens with zero attached hydrogens (tertiary/aromatic N) is 2. The molecule has 29 heavy (non-hydrogen) atoms. The molecule has 0 fully saturated rings. The van der Waals surface area contributed by atoms with Crippen LogP contribution in [-0.2, 0) is 11.2 Å². The summed E-state index contributed by atoms with van der Waals surface area (Å²) in [5.41, 5.74) is 4.06. The minimum atomic E-state index is -0.193. The van der Waals surface area contributed by atoms with Crippen molar-refractivity contribution in [3.63, 3.8) is 0 Å². The predicted molar refractivity (Wildman–Crippen MR) is 113 cm³/mol. The van der Waals surface area contributed by atoms with Crippen molar-refractivity contribution in [1.29, 1.82) is 0 Å². The third-order valence-corrected chi connectivity index (χ3v) is 4.40. The van der Waals surface area contributed by atoms with Crippen LogP contribution in [0.4, 0.5) is 17.3 Å². The minimum absolute atomic E-state index is 0.185. The Morgan fingerprint density at radius 1 is 0.897 bits per heavy atom. The lowest BCUT2D eigenvalue weighted by Crippen LogP contribution is -2.16. The van der Waals surface area contributed by atoms with Crippen molar-refractivity contribution in [3.05, 3.63) is 65.2 Å². The summed E-state index contributed by atoms with van der Waals surface area (Å²) in [5.74, 6) is 2.01. The molecule has 7 heteroatoms. The number of amides is 1. The number of methoxy groups -OCH3 is 2. The molecule has 0 saturated heterocycles. The second-order valence-corrected chi connectivity index (χ2v) is 6.66. The highest BCUT2D eigenvalue weighted by atomic mass is 16.5. The first kappa shape index (κ1) is 20.1. The standard InChI is InChI=1S/C22H24N4O3/c1-14-5-6-15(2)17(11-14)23-20-9-10-21(26-25-20)24-22(27)13-16-7-8-18(28-3)19(12-16)29-4/h5-12H,13H2,1-4H3,(H,23,25)(H,24,26,27). The van der Waals surface area contributed by atoms with Crippen molar-refractivity contribution >= 4 is 23.2 Å². The largest absolute Gasteiger partial charge is 0.493 e. The molecule has 0 spiro atoms. The van der Waals surface area contributed by atoms with Gasteiger partial charge in [0.2, 0.25) is 5.91 Å². The molecule has 0 aliphatic heterocycles. The number of benzene rings is 2. The third kappa shape index (κ3) is 5.22. The van der Waals surface area contributed by atoms with Gasteiger partial charge in [-0.3, -0.25) is 4.79 Å². The SMILES string of the molecule is COc1ccc(CC(=O)Nc2ccc(Nc3cc(C)ccc3C)nn2)cc1OC. The summed E-state index contributed by atoms with van der Waals surface area (Å²) in [4.78, 5) is 12.3. The summed E-state index contributed by atoms with van der Waals surface area (Å²) in [6.07, 6.45) is 0.185. The Morgan fingerprint density at radius 2 is 1.62 bits per heavy atom. The van der Waals surface area contributed by atoms with Gasteiger partial charge in [0.05, 0.1) is 20.6 Å². The van der Waals surface area contributed by atoms with Crippen molar-refractivity contribution in [3.8, 4) is 11.5 Å². The molecule has 150 valence electrons. The fourth-order valence-electron chi connectivity index (χ4n) is 2.84. The average Bonchev–Trinajstić information content (AvgIpc) is 2.72. The predicted octanol–water partition coefficient (Wildman–Crippen LogP) is 4.04. The molecule has 0 aliphatic rings. The number of carbonyl (C=O) groups excluding carboxylic acids is 1. The first-order valence-corrected chi connectivity index (χ1v) is 9.17. The van der Waals surface area contributed by atoms with Crippen LogP contribution in [0.5, 0.6) is 11.5 Å². The summed E-state index contributed by atoms with van der Waals surface area (Å²) in [6, 6.07) is 15.0. The molecular weight excluding hydrogens is 368 g/mol. The number of hydrogen-bond donors (Lipinski definition) is 2. The van der Waals surface area contributed by atoms with Gasteiger partial charge in [-0.25, -0.2) is 0 Å². The molecule has 2 aromatic carbocycles. The number of hydrogen-bond acceptors (Lipinski definition) is 6. The first-order valence-electron chi connectivity index (χ1n) is 9.17. The number of rotatable bonds is 7. The summed E-state index contributed by atoms with van der Waals surface area (Å²) in [5, 5.41) is 14.2. The monoisotopic (exact) mass is 392 g/mol. The van der Waals surface area contributed by atoms with Gasteiger partial charge in [0.25, 0.3) is 0 Å². The molecule has 2 N–H and O–H groups in total. The Bertz CT molecular complexity index is 1000. The van der Waals surface area contributed by atoms with Crippen LogP contribution in [0.1, 0.15) is 16.7 Å². The van der Waals surface area contributed by atoms with Crippen LogP contribution in [0.15, 0.2) is 48.5 Å². The van der Waals surface area contributed by atoms with E-state index in [1.807, 2.05) is 26.0 Å². The molecular formula is C22H24N4O3. The van der Waals surface area contributed by atoms with Gasteiger partial charge in [-0.1, -0.05) is 18.2 Å². The van der Waals surface area contributed by atoms with Crippen molar-refractivity contribution in [2.45, 2.75) is 20.3 Å². The van der Waals surface area contributed by atoms with Gasteiger partial charge in [-0.05, 0) is 60.9 Å². The minimum Gasteiger partial charge on any atom is -0.493 e. The highest BCUT2D eigenvalue weighted by molar-refractivity contribution is 5.91. The maximum Gasteiger partial charge on any atom is 0.229 e. The summed E-state index contributed by atoms with van der Waals surface area (Å²) in [7, 11) is 3.13. The van der Waals surface area contributed by atoms with Gasteiger partial charge in [-0.15, -0.1) is 10.2 Å². The van der Waals surface area contributed by atoms with Crippen molar-refractivity contribution in [2.75, 3.05) is 24.9 Å². The lowest BCUT2D eigenvalue weighted by atomic mass is 10.1. The van der Waals surface area contributed by atoms with E-state index in [4.69, 9.17) is 9.47 Å². The molecule has 0 saturated carbocycles. The number of carbonyl (C=O) groups is 1. The second kappa shape index (κ2) is 9.05. The normalized spacial score (nSPS) is 10.3. The molecule has 3 rings (SSSR count). The Balaban J connectivity index is 1.62. The number of aromatic nitrogens is 2. The van der Waals surface area contributed by atoms with Crippen molar-refractivity contribution < 1.29 is 14.3 Å². The van der Waals surface area contributed by atoms with E-state index in [0.717, 1.165) is 22.4 Å².